The van der Waals surface area contributed by atoms with E-state index in [0.717, 1.165) is 21.5 Å². The van der Waals surface area contributed by atoms with Crippen LogP contribution in [0, 0.1) is 13.8 Å². The maximum atomic E-state index is 11.1. The highest BCUT2D eigenvalue weighted by atomic mass is 32.2. The largest absolute Gasteiger partial charge is 0.369 e. The molecule has 1 amide bonds. The monoisotopic (exact) mass is 260 g/mol. The van der Waals surface area contributed by atoms with Crippen LogP contribution in [0.4, 0.5) is 0 Å². The van der Waals surface area contributed by atoms with Crippen LogP contribution in [0.25, 0.3) is 10.9 Å². The number of aryl methyl sites for hydroxylation is 2. The first-order chi connectivity index (χ1) is 8.49. The number of rotatable bonds is 3. The van der Waals surface area contributed by atoms with Gasteiger partial charge in [-0.15, -0.1) is 0 Å². The smallest absolute Gasteiger partial charge is 0.230 e. The van der Waals surface area contributed by atoms with Crippen molar-refractivity contribution in [1.29, 1.82) is 0 Å². The summed E-state index contributed by atoms with van der Waals surface area (Å²) < 4.78 is 0. The summed E-state index contributed by atoms with van der Waals surface area (Å²) in [5.74, 6) is -0.315. The Labute approximate surface area is 111 Å². The third-order valence-corrected chi connectivity index (χ3v) is 3.96. The van der Waals surface area contributed by atoms with Gasteiger partial charge in [0.2, 0.25) is 5.91 Å². The number of nitrogens with zero attached hydrogens (tertiary/aromatic N) is 1. The van der Waals surface area contributed by atoms with Gasteiger partial charge in [-0.2, -0.15) is 0 Å². The van der Waals surface area contributed by atoms with Gasteiger partial charge >= 0.3 is 0 Å². The van der Waals surface area contributed by atoms with E-state index in [1.165, 1.54) is 17.3 Å². The molecule has 0 fully saturated rings. The average Bonchev–Trinajstić information content (AvgIpc) is 2.30. The van der Waals surface area contributed by atoms with Crippen LogP contribution in [-0.2, 0) is 4.79 Å². The number of pyridine rings is 1. The molecular weight excluding hydrogens is 244 g/mol. The first kappa shape index (κ1) is 12.9. The van der Waals surface area contributed by atoms with Crippen LogP contribution in [-0.4, -0.2) is 16.1 Å². The van der Waals surface area contributed by atoms with Gasteiger partial charge < -0.3 is 5.73 Å². The topological polar surface area (TPSA) is 56.0 Å². The summed E-state index contributed by atoms with van der Waals surface area (Å²) in [5, 5.41) is 1.74. The summed E-state index contributed by atoms with van der Waals surface area (Å²) in [6.07, 6.45) is 0. The number of carbonyl (C=O) groups excluding carboxylic acids is 1. The normalized spacial score (nSPS) is 12.6. The van der Waals surface area contributed by atoms with Gasteiger partial charge in [-0.05, 0) is 38.0 Å². The first-order valence-corrected chi connectivity index (χ1v) is 6.70. The fourth-order valence-electron chi connectivity index (χ4n) is 1.83. The van der Waals surface area contributed by atoms with Crippen molar-refractivity contribution in [2.45, 2.75) is 31.0 Å². The molecule has 0 aliphatic rings. The van der Waals surface area contributed by atoms with Crippen LogP contribution in [0.3, 0.4) is 0 Å². The molecule has 1 atom stereocenters. The Morgan fingerprint density at radius 2 is 2.06 bits per heavy atom. The van der Waals surface area contributed by atoms with Gasteiger partial charge in [-0.25, -0.2) is 4.98 Å². The summed E-state index contributed by atoms with van der Waals surface area (Å²) in [5.41, 5.74) is 8.59. The van der Waals surface area contributed by atoms with E-state index >= 15 is 0 Å². The maximum Gasteiger partial charge on any atom is 0.230 e. The molecule has 3 nitrogen and oxygen atoms in total. The van der Waals surface area contributed by atoms with Gasteiger partial charge in [-0.1, -0.05) is 30.0 Å². The molecule has 0 aliphatic carbocycles. The summed E-state index contributed by atoms with van der Waals surface area (Å²) in [7, 11) is 0. The quantitative estimate of drug-likeness (QED) is 0.863. The fourth-order valence-corrected chi connectivity index (χ4v) is 2.70. The second-order valence-electron chi connectivity index (χ2n) is 4.41. The van der Waals surface area contributed by atoms with Crippen LogP contribution >= 0.6 is 11.8 Å². The Morgan fingerprint density at radius 1 is 1.33 bits per heavy atom. The molecule has 0 bridgehead atoms. The van der Waals surface area contributed by atoms with Gasteiger partial charge in [0.05, 0.1) is 15.8 Å². The molecule has 1 heterocycles. The number of amides is 1. The second-order valence-corrected chi connectivity index (χ2v) is 5.77. The Kier molecular flexibility index (Phi) is 3.57. The number of carbonyl (C=O) groups is 1. The highest BCUT2D eigenvalue weighted by Gasteiger charge is 2.13. The van der Waals surface area contributed by atoms with E-state index in [4.69, 9.17) is 5.73 Å². The molecule has 0 aliphatic heterocycles. The van der Waals surface area contributed by atoms with Crippen molar-refractivity contribution in [3.63, 3.8) is 0 Å². The molecule has 94 valence electrons. The third-order valence-electron chi connectivity index (χ3n) is 2.92. The number of nitrogens with two attached hydrogens (primary N) is 1. The van der Waals surface area contributed by atoms with Crippen molar-refractivity contribution in [3.05, 3.63) is 35.4 Å². The van der Waals surface area contributed by atoms with Crippen LogP contribution in [0.1, 0.15) is 18.1 Å². The molecule has 0 saturated carbocycles. The second kappa shape index (κ2) is 4.98. The van der Waals surface area contributed by atoms with Gasteiger partial charge in [0, 0.05) is 5.39 Å². The lowest BCUT2D eigenvalue weighted by Crippen LogP contribution is -2.22. The van der Waals surface area contributed by atoms with Crippen molar-refractivity contribution in [2.24, 2.45) is 5.73 Å². The zero-order valence-corrected chi connectivity index (χ0v) is 11.5. The predicted molar refractivity (Wildman–Crippen MR) is 75.7 cm³/mol. The molecule has 0 saturated heterocycles. The minimum atomic E-state index is -0.315. The van der Waals surface area contributed by atoms with Crippen molar-refractivity contribution in [3.8, 4) is 0 Å². The number of thioether (sulfide) groups is 1. The lowest BCUT2D eigenvalue weighted by Gasteiger charge is -2.10. The molecule has 0 unspecified atom stereocenters. The van der Waals surface area contributed by atoms with E-state index in [1.807, 2.05) is 25.1 Å². The zero-order valence-electron chi connectivity index (χ0n) is 10.7. The molecule has 18 heavy (non-hydrogen) atoms. The van der Waals surface area contributed by atoms with Gasteiger partial charge in [0.15, 0.2) is 0 Å². The third kappa shape index (κ3) is 2.48. The highest BCUT2D eigenvalue weighted by molar-refractivity contribution is 8.00. The van der Waals surface area contributed by atoms with E-state index in [9.17, 15) is 4.79 Å². The van der Waals surface area contributed by atoms with E-state index in [0.29, 0.717) is 0 Å². The number of aromatic nitrogens is 1. The van der Waals surface area contributed by atoms with E-state index < -0.39 is 0 Å². The highest BCUT2D eigenvalue weighted by Crippen LogP contribution is 2.27. The van der Waals surface area contributed by atoms with Gasteiger partial charge in [0.25, 0.3) is 0 Å². The van der Waals surface area contributed by atoms with Crippen LogP contribution in [0.5, 0.6) is 0 Å². The molecular formula is C14H16N2OS. The molecule has 0 spiro atoms. The molecule has 2 aromatic rings. The SMILES string of the molecule is Cc1cc(S[C@H](C)C(N)=O)nc2c(C)cccc12. The molecule has 2 N–H and O–H groups in total. The van der Waals surface area contributed by atoms with Crippen LogP contribution < -0.4 is 5.73 Å². The Hall–Kier alpha value is -1.55. The number of para-hydroxylation sites is 1. The van der Waals surface area contributed by atoms with Crippen molar-refractivity contribution in [2.75, 3.05) is 0 Å². The number of fused-ring (bicyclic) bond motifs is 1. The number of hydrogen-bond acceptors (Lipinski definition) is 3. The van der Waals surface area contributed by atoms with E-state index in [2.05, 4.69) is 18.0 Å². The summed E-state index contributed by atoms with van der Waals surface area (Å²) in [6, 6.07) is 8.15. The Morgan fingerprint density at radius 3 is 2.72 bits per heavy atom. The average molecular weight is 260 g/mol. The summed E-state index contributed by atoms with van der Waals surface area (Å²) >= 11 is 1.40. The lowest BCUT2D eigenvalue weighted by atomic mass is 10.1. The zero-order chi connectivity index (χ0) is 13.3. The summed E-state index contributed by atoms with van der Waals surface area (Å²) in [4.78, 5) is 15.7. The van der Waals surface area contributed by atoms with Crippen molar-refractivity contribution < 1.29 is 4.79 Å². The molecule has 1 aromatic heterocycles. The maximum absolute atomic E-state index is 11.1. The van der Waals surface area contributed by atoms with Crippen molar-refractivity contribution in [1.82, 2.24) is 4.98 Å². The van der Waals surface area contributed by atoms with Crippen LogP contribution in [0.2, 0.25) is 0 Å². The molecule has 1 aromatic carbocycles. The lowest BCUT2D eigenvalue weighted by molar-refractivity contribution is -0.117. The Bertz CT molecular complexity index is 610. The van der Waals surface area contributed by atoms with E-state index in [1.54, 1.807) is 6.92 Å². The minimum absolute atomic E-state index is 0.265. The Balaban J connectivity index is 2.48. The predicted octanol–water partition coefficient (Wildman–Crippen LogP) is 2.82. The fraction of sp³-hybridized carbons (Fsp3) is 0.286. The van der Waals surface area contributed by atoms with E-state index in [-0.39, 0.29) is 11.2 Å². The summed E-state index contributed by atoms with van der Waals surface area (Å²) in [6.45, 7) is 5.90. The molecule has 4 heteroatoms. The van der Waals surface area contributed by atoms with Crippen molar-refractivity contribution >= 4 is 28.6 Å². The number of benzene rings is 1. The van der Waals surface area contributed by atoms with Gasteiger partial charge in [0.1, 0.15) is 0 Å². The van der Waals surface area contributed by atoms with Crippen LogP contribution in [0.15, 0.2) is 29.3 Å². The number of hydrogen-bond donors (Lipinski definition) is 1. The standard InChI is InChI=1S/C14H16N2OS/c1-8-5-4-6-11-9(2)7-12(16-13(8)11)18-10(3)14(15)17/h4-7,10H,1-3H3,(H2,15,17)/t10-/m1/s1. The van der Waals surface area contributed by atoms with Gasteiger partial charge in [-0.3, -0.25) is 4.79 Å². The number of primary amides is 1. The molecule has 2 rings (SSSR count). The first-order valence-electron chi connectivity index (χ1n) is 5.82. The molecule has 0 radical (unpaired) electrons. The minimum Gasteiger partial charge on any atom is -0.369 e.